The maximum Gasteiger partial charge on any atom is 0.292 e. The van der Waals surface area contributed by atoms with Crippen LogP contribution in [0.1, 0.15) is 21.9 Å². The largest absolute Gasteiger partial charge is 0.486 e. The summed E-state index contributed by atoms with van der Waals surface area (Å²) >= 11 is 0. The molecule has 0 aliphatic carbocycles. The number of fused-ring (bicyclic) bond motifs is 2. The normalized spacial score (nSPS) is 11.1. The number of nitrogens with zero attached hydrogens (tertiary/aromatic N) is 2. The molecule has 176 valence electrons. The summed E-state index contributed by atoms with van der Waals surface area (Å²) in [6.07, 6.45) is 1.85. The van der Waals surface area contributed by atoms with Crippen LogP contribution >= 0.6 is 0 Å². The zero-order valence-electron chi connectivity index (χ0n) is 19.4. The summed E-state index contributed by atoms with van der Waals surface area (Å²) in [5.74, 6) is 1.62. The zero-order valence-corrected chi connectivity index (χ0v) is 19.4. The predicted molar refractivity (Wildman–Crippen MR) is 140 cm³/mol. The van der Waals surface area contributed by atoms with Crippen LogP contribution in [0.2, 0.25) is 0 Å². The van der Waals surface area contributed by atoms with Crippen molar-refractivity contribution in [1.29, 1.82) is 0 Å². The van der Waals surface area contributed by atoms with Crippen molar-refractivity contribution in [1.82, 2.24) is 9.78 Å². The van der Waals surface area contributed by atoms with Crippen molar-refractivity contribution in [3.8, 4) is 5.75 Å². The van der Waals surface area contributed by atoms with Crippen LogP contribution < -0.4 is 10.1 Å². The lowest BCUT2D eigenvalue weighted by atomic mass is 10.0. The summed E-state index contributed by atoms with van der Waals surface area (Å²) in [6, 6.07) is 33.7. The topological polar surface area (TPSA) is 69.3 Å². The van der Waals surface area contributed by atoms with E-state index in [1.54, 1.807) is 18.2 Å². The molecule has 0 saturated heterocycles. The Morgan fingerprint density at radius 2 is 1.64 bits per heavy atom. The summed E-state index contributed by atoms with van der Waals surface area (Å²) in [4.78, 5) is 12.7. The third kappa shape index (κ3) is 4.57. The number of carbonyl (C=O) groups is 1. The maximum atomic E-state index is 12.7. The number of benzene rings is 4. The van der Waals surface area contributed by atoms with Crippen molar-refractivity contribution < 1.29 is 13.9 Å². The van der Waals surface area contributed by atoms with Crippen LogP contribution in [-0.4, -0.2) is 15.7 Å². The summed E-state index contributed by atoms with van der Waals surface area (Å²) in [5.41, 5.74) is 1.16. The van der Waals surface area contributed by atoms with Gasteiger partial charge in [-0.05, 0) is 51.4 Å². The second kappa shape index (κ2) is 9.43. The molecule has 0 bridgehead atoms. The standard InChI is InChI=1S/C30H23N3O3/c34-30(28-15-14-26(36-28)20-35-25-13-12-21-6-1-2-8-23(21)18-25)31-29-16-17-33(32-29)19-24-10-5-9-22-7-3-4-11-27(22)24/h1-18H,19-20H2,(H,31,32,34). The van der Waals surface area contributed by atoms with Gasteiger partial charge in [-0.2, -0.15) is 5.10 Å². The van der Waals surface area contributed by atoms with Gasteiger partial charge in [-0.15, -0.1) is 0 Å². The number of hydrogen-bond donors (Lipinski definition) is 1. The van der Waals surface area contributed by atoms with Gasteiger partial charge in [0, 0.05) is 12.3 Å². The van der Waals surface area contributed by atoms with E-state index in [1.807, 2.05) is 65.5 Å². The average molecular weight is 474 g/mol. The molecule has 2 heterocycles. The molecule has 0 aliphatic rings. The lowest BCUT2D eigenvalue weighted by molar-refractivity contribution is 0.0992. The van der Waals surface area contributed by atoms with E-state index in [-0.39, 0.29) is 18.3 Å². The molecule has 4 aromatic carbocycles. The molecule has 0 unspecified atom stereocenters. The van der Waals surface area contributed by atoms with Crippen molar-refractivity contribution in [2.45, 2.75) is 13.2 Å². The molecule has 2 aromatic heterocycles. The van der Waals surface area contributed by atoms with Gasteiger partial charge in [0.15, 0.2) is 11.6 Å². The van der Waals surface area contributed by atoms with E-state index in [1.165, 1.54) is 10.8 Å². The minimum absolute atomic E-state index is 0.204. The molecule has 0 radical (unpaired) electrons. The first-order valence-corrected chi connectivity index (χ1v) is 11.7. The first-order valence-electron chi connectivity index (χ1n) is 11.7. The zero-order chi connectivity index (χ0) is 24.3. The molecule has 1 N–H and O–H groups in total. The fourth-order valence-corrected chi connectivity index (χ4v) is 4.29. The number of nitrogens with one attached hydrogen (secondary N) is 1. The molecule has 0 atom stereocenters. The lowest BCUT2D eigenvalue weighted by Crippen LogP contribution is -2.12. The molecular weight excluding hydrogens is 450 g/mol. The molecule has 6 nitrogen and oxygen atoms in total. The first-order chi connectivity index (χ1) is 17.7. The molecule has 6 heteroatoms. The second-order valence-electron chi connectivity index (χ2n) is 8.55. The third-order valence-corrected chi connectivity index (χ3v) is 6.08. The first kappa shape index (κ1) is 21.7. The summed E-state index contributed by atoms with van der Waals surface area (Å²) in [5, 5.41) is 11.9. The third-order valence-electron chi connectivity index (χ3n) is 6.08. The number of rotatable bonds is 7. The van der Waals surface area contributed by atoms with E-state index in [9.17, 15) is 4.79 Å². The van der Waals surface area contributed by atoms with Gasteiger partial charge in [0.1, 0.15) is 18.1 Å². The fourth-order valence-electron chi connectivity index (χ4n) is 4.29. The molecule has 1 amide bonds. The average Bonchev–Trinajstić information content (AvgIpc) is 3.57. The van der Waals surface area contributed by atoms with Gasteiger partial charge in [-0.3, -0.25) is 9.48 Å². The minimum atomic E-state index is -0.359. The molecule has 36 heavy (non-hydrogen) atoms. The predicted octanol–water partition coefficient (Wildman–Crippen LogP) is 6.66. The molecule has 0 saturated carbocycles. The highest BCUT2D eigenvalue weighted by Crippen LogP contribution is 2.22. The molecular formula is C30H23N3O3. The fraction of sp³-hybridized carbons (Fsp3) is 0.0667. The van der Waals surface area contributed by atoms with Crippen LogP contribution in [-0.2, 0) is 13.2 Å². The molecule has 0 aliphatic heterocycles. The highest BCUT2D eigenvalue weighted by atomic mass is 16.5. The summed E-state index contributed by atoms with van der Waals surface area (Å²) in [7, 11) is 0. The van der Waals surface area contributed by atoms with Crippen LogP contribution in [0.25, 0.3) is 21.5 Å². The Balaban J connectivity index is 1.08. The van der Waals surface area contributed by atoms with Crippen molar-refractivity contribution >= 4 is 33.3 Å². The van der Waals surface area contributed by atoms with Gasteiger partial charge in [-0.25, -0.2) is 0 Å². The van der Waals surface area contributed by atoms with Crippen molar-refractivity contribution in [3.63, 3.8) is 0 Å². The lowest BCUT2D eigenvalue weighted by Gasteiger charge is -2.07. The Morgan fingerprint density at radius 1 is 0.833 bits per heavy atom. The van der Waals surface area contributed by atoms with E-state index in [0.717, 1.165) is 22.1 Å². The number of ether oxygens (including phenoxy) is 1. The Morgan fingerprint density at radius 3 is 2.56 bits per heavy atom. The Labute approximate surface area is 207 Å². The van der Waals surface area contributed by atoms with E-state index in [0.29, 0.717) is 18.1 Å². The van der Waals surface area contributed by atoms with Crippen molar-refractivity contribution in [2.24, 2.45) is 0 Å². The van der Waals surface area contributed by atoms with Crippen LogP contribution in [0.4, 0.5) is 5.82 Å². The van der Waals surface area contributed by atoms with Crippen LogP contribution in [0.3, 0.4) is 0 Å². The highest BCUT2D eigenvalue weighted by molar-refractivity contribution is 6.01. The van der Waals surface area contributed by atoms with Gasteiger partial charge < -0.3 is 14.5 Å². The van der Waals surface area contributed by atoms with E-state index in [2.05, 4.69) is 40.7 Å². The number of hydrogen-bond acceptors (Lipinski definition) is 4. The number of furan rings is 1. The number of carbonyl (C=O) groups excluding carboxylic acids is 1. The number of aromatic nitrogens is 2. The SMILES string of the molecule is O=C(Nc1ccn(Cc2cccc3ccccc23)n1)c1ccc(COc2ccc3ccccc3c2)o1. The van der Waals surface area contributed by atoms with E-state index >= 15 is 0 Å². The number of anilines is 1. The van der Waals surface area contributed by atoms with Gasteiger partial charge in [0.25, 0.3) is 5.91 Å². The van der Waals surface area contributed by atoms with Crippen LogP contribution in [0, 0.1) is 0 Å². The second-order valence-corrected chi connectivity index (χ2v) is 8.55. The van der Waals surface area contributed by atoms with Gasteiger partial charge in [0.05, 0.1) is 6.54 Å². The van der Waals surface area contributed by atoms with Crippen molar-refractivity contribution in [3.05, 3.63) is 126 Å². The van der Waals surface area contributed by atoms with E-state index in [4.69, 9.17) is 9.15 Å². The van der Waals surface area contributed by atoms with Gasteiger partial charge in [-0.1, -0.05) is 72.8 Å². The summed E-state index contributed by atoms with van der Waals surface area (Å²) < 4.78 is 13.4. The molecule has 6 aromatic rings. The Kier molecular flexibility index (Phi) is 5.68. The molecule has 0 fully saturated rings. The number of amides is 1. The van der Waals surface area contributed by atoms with Gasteiger partial charge in [0.2, 0.25) is 0 Å². The van der Waals surface area contributed by atoms with Gasteiger partial charge >= 0.3 is 0 Å². The molecule has 0 spiro atoms. The van der Waals surface area contributed by atoms with Crippen LogP contribution in [0.5, 0.6) is 5.75 Å². The van der Waals surface area contributed by atoms with Crippen LogP contribution in [0.15, 0.2) is 114 Å². The van der Waals surface area contributed by atoms with E-state index < -0.39 is 0 Å². The monoisotopic (exact) mass is 473 g/mol. The Bertz CT molecular complexity index is 1680. The summed E-state index contributed by atoms with van der Waals surface area (Å²) in [6.45, 7) is 0.833. The molecule has 6 rings (SSSR count). The van der Waals surface area contributed by atoms with Crippen molar-refractivity contribution in [2.75, 3.05) is 5.32 Å². The maximum absolute atomic E-state index is 12.7. The smallest absolute Gasteiger partial charge is 0.292 e. The highest BCUT2D eigenvalue weighted by Gasteiger charge is 2.14. The quantitative estimate of drug-likeness (QED) is 0.281. The minimum Gasteiger partial charge on any atom is -0.486 e. The Hall–Kier alpha value is -4.84.